The van der Waals surface area contributed by atoms with Gasteiger partial charge < -0.3 is 19.7 Å². The number of hydrogen-bond donors (Lipinski definition) is 2. The van der Waals surface area contributed by atoms with Gasteiger partial charge in [0.15, 0.2) is 5.97 Å². The Kier molecular flexibility index (Phi) is 516. The van der Waals surface area contributed by atoms with E-state index in [2.05, 4.69) is 16.4 Å². The van der Waals surface area contributed by atoms with Gasteiger partial charge in [-0.1, -0.05) is 89.1 Å². The van der Waals surface area contributed by atoms with E-state index in [1.165, 1.54) is 0 Å². The molecule has 0 fully saturated rings. The maximum absolute atomic E-state index is 10.4. The van der Waals surface area contributed by atoms with E-state index in [9.17, 15) is 14.4 Å². The minimum atomic E-state index is -1.30. The van der Waals surface area contributed by atoms with Crippen LogP contribution in [-0.2, 0) is 73.4 Å². The van der Waals surface area contributed by atoms with Crippen LogP contribution < -0.4 is 0 Å². The average molecular weight is 629 g/mol. The Balaban J connectivity index is -0.00000000672. The molecule has 0 unspecified atom stereocenters. The molecule has 0 bridgehead atoms. The van der Waals surface area contributed by atoms with Crippen LogP contribution in [0.5, 0.6) is 0 Å². The van der Waals surface area contributed by atoms with Crippen molar-refractivity contribution in [1.82, 2.24) is 0 Å². The SMILES string of the molecule is C.C.C.C.C.C.C.C.C.C.C.C.O=CO.[Ag+].[Ag].[CH2-]C(=O)OCOC(=O)CC(=O)O. The van der Waals surface area contributed by atoms with Gasteiger partial charge in [0.05, 0.1) is 0 Å². The molecule has 0 aromatic rings. The normalized spacial score (nSPS) is 4.00. The molecule has 0 heterocycles. The quantitative estimate of drug-likeness (QED) is 0.0882. The van der Waals surface area contributed by atoms with Gasteiger partial charge in [0.2, 0.25) is 6.79 Å². The first-order valence-electron chi connectivity index (χ1n) is 3.38. The van der Waals surface area contributed by atoms with Gasteiger partial charge in [0.25, 0.3) is 6.47 Å². The van der Waals surface area contributed by atoms with Crippen molar-refractivity contribution in [1.29, 1.82) is 0 Å². The summed E-state index contributed by atoms with van der Waals surface area (Å²) in [6.45, 7) is 1.97. The molecule has 203 valence electrons. The molecule has 8 nitrogen and oxygen atoms in total. The molecule has 0 saturated heterocycles. The molecule has 0 aliphatic heterocycles. The Labute approximate surface area is 216 Å². The Bertz CT molecular complexity index is 252. The fourth-order valence-electron chi connectivity index (χ4n) is 0.335. The number of ether oxygens (including phenoxy) is 2. The van der Waals surface area contributed by atoms with Crippen LogP contribution in [0.25, 0.3) is 0 Å². The summed E-state index contributed by atoms with van der Waals surface area (Å²) in [7, 11) is 0. The molecular formula is C19H57Ag2O8. The van der Waals surface area contributed by atoms with Crippen LogP contribution in [0.15, 0.2) is 0 Å². The second-order valence-corrected chi connectivity index (χ2v) is 1.83. The molecule has 0 saturated carbocycles. The summed E-state index contributed by atoms with van der Waals surface area (Å²) in [6.07, 6.45) is -0.755. The minimum Gasteiger partial charge on any atom is -0.483 e. The summed E-state index contributed by atoms with van der Waals surface area (Å²) in [6, 6.07) is 0. The number of carbonyl (C=O) groups excluding carboxylic acids is 2. The summed E-state index contributed by atoms with van der Waals surface area (Å²) >= 11 is 0. The van der Waals surface area contributed by atoms with E-state index in [1.807, 2.05) is 0 Å². The van der Waals surface area contributed by atoms with Crippen LogP contribution in [-0.4, -0.2) is 41.4 Å². The standard InChI is InChI=1S/C6H7O6.CH2O2.12CH4.2Ag/c1-4(7)11-3-12-6(10)2-5(8)9;2-1-3;;;;;;;;;;;;;;/h1-3H2,(H,8,9);1H,(H,2,3);12*1H4;;/q-1;;;;;;;;;;;;;;;+1. The predicted octanol–water partition coefficient (Wildman–Crippen LogP) is 6.67. The zero-order valence-corrected chi connectivity index (χ0v) is 11.1. The maximum atomic E-state index is 10.4. The van der Waals surface area contributed by atoms with E-state index in [1.54, 1.807) is 0 Å². The molecule has 10 heteroatoms. The summed E-state index contributed by atoms with van der Waals surface area (Å²) in [5, 5.41) is 15.0. The molecule has 0 aromatic carbocycles. The fraction of sp³-hybridized carbons (Fsp3) is 0.737. The van der Waals surface area contributed by atoms with Gasteiger partial charge in [-0.3, -0.25) is 26.1 Å². The molecule has 1 radical (unpaired) electrons. The number of esters is 2. The second kappa shape index (κ2) is 107. The largest absolute Gasteiger partial charge is 1.00 e. The fourth-order valence-corrected chi connectivity index (χ4v) is 0.335. The summed E-state index contributed by atoms with van der Waals surface area (Å²) in [4.78, 5) is 38.7. The topological polar surface area (TPSA) is 127 Å². The van der Waals surface area contributed by atoms with Crippen molar-refractivity contribution >= 4 is 24.4 Å². The molecule has 0 rings (SSSR count). The van der Waals surface area contributed by atoms with Crippen molar-refractivity contribution in [2.45, 2.75) is 95.5 Å². The number of hydrogen-bond acceptors (Lipinski definition) is 6. The van der Waals surface area contributed by atoms with Crippen molar-refractivity contribution in [2.24, 2.45) is 0 Å². The molecular weight excluding hydrogens is 572 g/mol. The Morgan fingerprint density at radius 1 is 0.759 bits per heavy atom. The van der Waals surface area contributed by atoms with Gasteiger partial charge in [-0.15, -0.1) is 0 Å². The average Bonchev–Trinajstić information content (AvgIpc) is 2.02. The van der Waals surface area contributed by atoms with E-state index in [4.69, 9.17) is 15.0 Å². The third-order valence-electron chi connectivity index (χ3n) is 0.735. The van der Waals surface area contributed by atoms with Gasteiger partial charge in [-0.2, -0.15) is 0 Å². The summed E-state index contributed by atoms with van der Waals surface area (Å²) in [5.74, 6) is -3.12. The Hall–Kier alpha value is -0.769. The second-order valence-electron chi connectivity index (χ2n) is 1.83. The van der Waals surface area contributed by atoms with E-state index < -0.39 is 31.1 Å². The van der Waals surface area contributed by atoms with E-state index in [-0.39, 0.29) is 140 Å². The first-order chi connectivity index (χ1) is 6.93. The van der Waals surface area contributed by atoms with Crippen LogP contribution in [0.1, 0.15) is 95.5 Å². The van der Waals surface area contributed by atoms with Gasteiger partial charge in [0, 0.05) is 22.4 Å². The molecule has 2 N–H and O–H groups in total. The minimum absolute atomic E-state index is 0. The van der Waals surface area contributed by atoms with Crippen molar-refractivity contribution < 1.29 is 83.6 Å². The zero-order valence-electron chi connectivity index (χ0n) is 8.15. The molecule has 0 aliphatic carbocycles. The maximum Gasteiger partial charge on any atom is 1.00 e. The molecule has 0 aromatic heterocycles. The van der Waals surface area contributed by atoms with E-state index >= 15 is 0 Å². The number of carboxylic acid groups (broad SMARTS) is 2. The van der Waals surface area contributed by atoms with Crippen LogP contribution in [0.4, 0.5) is 0 Å². The van der Waals surface area contributed by atoms with Crippen LogP contribution in [0.3, 0.4) is 0 Å². The van der Waals surface area contributed by atoms with Crippen molar-refractivity contribution in [3.63, 3.8) is 0 Å². The predicted molar refractivity (Wildman–Crippen MR) is 124 cm³/mol. The molecule has 0 spiro atoms. The van der Waals surface area contributed by atoms with Crippen LogP contribution in [0, 0.1) is 6.92 Å². The van der Waals surface area contributed by atoms with Crippen LogP contribution >= 0.6 is 0 Å². The smallest absolute Gasteiger partial charge is 0.483 e. The van der Waals surface area contributed by atoms with Gasteiger partial charge in [0.1, 0.15) is 6.42 Å². The van der Waals surface area contributed by atoms with E-state index in [0.717, 1.165) is 0 Å². The number of carboxylic acids is 1. The number of rotatable bonds is 4. The van der Waals surface area contributed by atoms with Gasteiger partial charge in [-0.25, -0.2) is 0 Å². The van der Waals surface area contributed by atoms with Crippen molar-refractivity contribution in [3.05, 3.63) is 6.92 Å². The molecule has 29 heavy (non-hydrogen) atoms. The van der Waals surface area contributed by atoms with Crippen LogP contribution in [0.2, 0.25) is 0 Å². The monoisotopic (exact) mass is 627 g/mol. The molecule has 0 atom stereocenters. The number of aliphatic carboxylic acids is 1. The summed E-state index contributed by atoms with van der Waals surface area (Å²) < 4.78 is 8.27. The third-order valence-corrected chi connectivity index (χ3v) is 0.735. The van der Waals surface area contributed by atoms with E-state index in [0.29, 0.717) is 0 Å². The number of carbonyl (C=O) groups is 4. The van der Waals surface area contributed by atoms with Crippen molar-refractivity contribution in [2.75, 3.05) is 6.79 Å². The molecule has 0 aliphatic rings. The zero-order chi connectivity index (χ0) is 12.3. The Morgan fingerprint density at radius 3 is 1.17 bits per heavy atom. The first-order valence-corrected chi connectivity index (χ1v) is 3.38. The van der Waals surface area contributed by atoms with Gasteiger partial charge >= 0.3 is 34.3 Å². The first kappa shape index (κ1) is 140. The Morgan fingerprint density at radius 2 is 1.00 bits per heavy atom. The van der Waals surface area contributed by atoms with Gasteiger partial charge in [-0.05, 0) is 0 Å². The van der Waals surface area contributed by atoms with Crippen molar-refractivity contribution in [3.8, 4) is 0 Å². The summed E-state index contributed by atoms with van der Waals surface area (Å²) in [5.41, 5.74) is 0. The third kappa shape index (κ3) is 203. The molecule has 0 amide bonds.